The zero-order valence-corrected chi connectivity index (χ0v) is 13.0. The maximum Gasteiger partial charge on any atom is 0.0242 e. The Balaban J connectivity index is 2.32. The van der Waals surface area contributed by atoms with Crippen LogP contribution in [0.4, 0.5) is 0 Å². The van der Waals surface area contributed by atoms with Gasteiger partial charge < -0.3 is 10.2 Å². The van der Waals surface area contributed by atoms with E-state index in [0.29, 0.717) is 6.04 Å². The lowest BCUT2D eigenvalue weighted by molar-refractivity contribution is 0.194. The van der Waals surface area contributed by atoms with Crippen LogP contribution < -0.4 is 5.32 Å². The smallest absolute Gasteiger partial charge is 0.0242 e. The number of nitrogens with one attached hydrogen (secondary N) is 1. The van der Waals surface area contributed by atoms with Gasteiger partial charge in [0.25, 0.3) is 0 Å². The SMILES string of the molecule is CCC(CC)C(CNCCc1ccccc1)N(C)C. The van der Waals surface area contributed by atoms with Gasteiger partial charge in [-0.15, -0.1) is 0 Å². The van der Waals surface area contributed by atoms with Crippen LogP contribution in [0.15, 0.2) is 30.3 Å². The molecule has 1 N–H and O–H groups in total. The Hall–Kier alpha value is -0.860. The summed E-state index contributed by atoms with van der Waals surface area (Å²) in [5.74, 6) is 0.791. The summed E-state index contributed by atoms with van der Waals surface area (Å²) in [7, 11) is 4.39. The van der Waals surface area contributed by atoms with Crippen molar-refractivity contribution in [2.75, 3.05) is 27.2 Å². The number of rotatable bonds is 9. The molecular weight excluding hydrogens is 232 g/mol. The van der Waals surface area contributed by atoms with E-state index in [1.807, 2.05) is 0 Å². The van der Waals surface area contributed by atoms with Crippen LogP contribution in [0.3, 0.4) is 0 Å². The van der Waals surface area contributed by atoms with Crippen molar-refractivity contribution < 1.29 is 0 Å². The van der Waals surface area contributed by atoms with Crippen LogP contribution >= 0.6 is 0 Å². The van der Waals surface area contributed by atoms with E-state index in [9.17, 15) is 0 Å². The van der Waals surface area contributed by atoms with Gasteiger partial charge in [0.05, 0.1) is 0 Å². The maximum absolute atomic E-state index is 3.62. The average molecular weight is 262 g/mol. The molecule has 1 aromatic rings. The summed E-state index contributed by atoms with van der Waals surface area (Å²) in [6, 6.07) is 11.3. The molecule has 0 radical (unpaired) electrons. The molecule has 2 nitrogen and oxygen atoms in total. The highest BCUT2D eigenvalue weighted by Gasteiger charge is 2.19. The van der Waals surface area contributed by atoms with E-state index < -0.39 is 0 Å². The van der Waals surface area contributed by atoms with Crippen molar-refractivity contribution in [2.24, 2.45) is 5.92 Å². The zero-order chi connectivity index (χ0) is 14.1. The molecule has 0 saturated heterocycles. The van der Waals surface area contributed by atoms with Crippen molar-refractivity contribution in [1.29, 1.82) is 0 Å². The first-order valence-electron chi connectivity index (χ1n) is 7.60. The van der Waals surface area contributed by atoms with Crippen LogP contribution in [-0.4, -0.2) is 38.1 Å². The molecule has 0 aliphatic heterocycles. The van der Waals surface area contributed by atoms with Crippen molar-refractivity contribution in [2.45, 2.75) is 39.2 Å². The van der Waals surface area contributed by atoms with E-state index in [-0.39, 0.29) is 0 Å². The lowest BCUT2D eigenvalue weighted by Gasteiger charge is -2.31. The quantitative estimate of drug-likeness (QED) is 0.688. The molecule has 0 fully saturated rings. The highest BCUT2D eigenvalue weighted by atomic mass is 15.1. The normalized spacial score (nSPS) is 13.2. The van der Waals surface area contributed by atoms with E-state index in [0.717, 1.165) is 25.4 Å². The van der Waals surface area contributed by atoms with Gasteiger partial charge in [0.15, 0.2) is 0 Å². The predicted molar refractivity (Wildman–Crippen MR) is 84.6 cm³/mol. The molecular formula is C17H30N2. The molecule has 0 spiro atoms. The third kappa shape index (κ3) is 5.75. The standard InChI is InChI=1S/C17H30N2/c1-5-16(6-2)17(19(3)4)14-18-13-12-15-10-8-7-9-11-15/h7-11,16-18H,5-6,12-14H2,1-4H3. The van der Waals surface area contributed by atoms with Crippen molar-refractivity contribution in [3.8, 4) is 0 Å². The van der Waals surface area contributed by atoms with Crippen molar-refractivity contribution in [3.63, 3.8) is 0 Å². The van der Waals surface area contributed by atoms with Crippen LogP contribution in [0.25, 0.3) is 0 Å². The fourth-order valence-corrected chi connectivity index (χ4v) is 2.73. The summed E-state index contributed by atoms with van der Waals surface area (Å²) in [6.07, 6.45) is 3.64. The Bertz CT molecular complexity index is 317. The van der Waals surface area contributed by atoms with Gasteiger partial charge in [0.2, 0.25) is 0 Å². The molecule has 2 heteroatoms. The minimum Gasteiger partial charge on any atom is -0.315 e. The monoisotopic (exact) mass is 262 g/mol. The van der Waals surface area contributed by atoms with E-state index in [1.54, 1.807) is 0 Å². The molecule has 0 aliphatic rings. The molecule has 0 saturated carbocycles. The molecule has 0 heterocycles. The van der Waals surface area contributed by atoms with Gasteiger partial charge in [-0.3, -0.25) is 0 Å². The lowest BCUT2D eigenvalue weighted by Crippen LogP contribution is -2.43. The van der Waals surface area contributed by atoms with Crippen molar-refractivity contribution in [3.05, 3.63) is 35.9 Å². The van der Waals surface area contributed by atoms with Crippen LogP contribution in [0.5, 0.6) is 0 Å². The number of benzene rings is 1. The number of hydrogen-bond acceptors (Lipinski definition) is 2. The number of nitrogens with zero attached hydrogens (tertiary/aromatic N) is 1. The van der Waals surface area contributed by atoms with E-state index in [1.165, 1.54) is 18.4 Å². The fourth-order valence-electron chi connectivity index (χ4n) is 2.73. The van der Waals surface area contributed by atoms with Gasteiger partial charge >= 0.3 is 0 Å². The highest BCUT2D eigenvalue weighted by molar-refractivity contribution is 5.14. The van der Waals surface area contributed by atoms with Gasteiger partial charge in [0.1, 0.15) is 0 Å². The fraction of sp³-hybridized carbons (Fsp3) is 0.647. The third-order valence-corrected chi connectivity index (χ3v) is 4.04. The molecule has 19 heavy (non-hydrogen) atoms. The van der Waals surface area contributed by atoms with Crippen LogP contribution in [0.2, 0.25) is 0 Å². The minimum absolute atomic E-state index is 0.644. The molecule has 0 amide bonds. The predicted octanol–water partition coefficient (Wildman–Crippen LogP) is 3.19. The van der Waals surface area contributed by atoms with Crippen LogP contribution in [0.1, 0.15) is 32.3 Å². The largest absolute Gasteiger partial charge is 0.315 e. The topological polar surface area (TPSA) is 15.3 Å². The summed E-state index contributed by atoms with van der Waals surface area (Å²) in [5.41, 5.74) is 1.42. The van der Waals surface area contributed by atoms with E-state index in [4.69, 9.17) is 0 Å². The maximum atomic E-state index is 3.62. The second-order valence-electron chi connectivity index (χ2n) is 5.55. The highest BCUT2D eigenvalue weighted by Crippen LogP contribution is 2.16. The minimum atomic E-state index is 0.644. The molecule has 1 unspecified atom stereocenters. The third-order valence-electron chi connectivity index (χ3n) is 4.04. The summed E-state index contributed by atoms with van der Waals surface area (Å²) >= 11 is 0. The van der Waals surface area contributed by atoms with Crippen LogP contribution in [0, 0.1) is 5.92 Å². The van der Waals surface area contributed by atoms with E-state index >= 15 is 0 Å². The van der Waals surface area contributed by atoms with Crippen LogP contribution in [-0.2, 0) is 6.42 Å². The molecule has 1 aromatic carbocycles. The zero-order valence-electron chi connectivity index (χ0n) is 13.0. The molecule has 1 atom stereocenters. The summed E-state index contributed by atoms with van der Waals surface area (Å²) in [6.45, 7) is 6.75. The Labute approximate surface area is 119 Å². The first-order chi connectivity index (χ1) is 9.19. The first kappa shape index (κ1) is 16.2. The van der Waals surface area contributed by atoms with Crippen molar-refractivity contribution in [1.82, 2.24) is 10.2 Å². The lowest BCUT2D eigenvalue weighted by atomic mass is 9.93. The molecule has 0 aliphatic carbocycles. The summed E-state index contributed by atoms with van der Waals surface area (Å²) < 4.78 is 0. The van der Waals surface area contributed by atoms with Gasteiger partial charge in [-0.25, -0.2) is 0 Å². The molecule has 0 bridgehead atoms. The Kier molecular flexibility index (Phi) is 7.76. The Morgan fingerprint density at radius 1 is 1.05 bits per heavy atom. The Morgan fingerprint density at radius 3 is 2.21 bits per heavy atom. The second-order valence-corrected chi connectivity index (χ2v) is 5.55. The van der Waals surface area contributed by atoms with Crippen molar-refractivity contribution >= 4 is 0 Å². The number of hydrogen-bond donors (Lipinski definition) is 1. The molecule has 1 rings (SSSR count). The molecule has 108 valence electrons. The van der Waals surface area contributed by atoms with Gasteiger partial charge in [-0.1, -0.05) is 57.0 Å². The summed E-state index contributed by atoms with van der Waals surface area (Å²) in [4.78, 5) is 2.37. The average Bonchev–Trinajstić information content (AvgIpc) is 2.43. The first-order valence-corrected chi connectivity index (χ1v) is 7.60. The van der Waals surface area contributed by atoms with Gasteiger partial charge in [0, 0.05) is 12.6 Å². The van der Waals surface area contributed by atoms with Gasteiger partial charge in [-0.05, 0) is 38.5 Å². The number of likely N-dealkylation sites (N-methyl/N-ethyl adjacent to an activating group) is 1. The second kappa shape index (κ2) is 9.11. The summed E-state index contributed by atoms with van der Waals surface area (Å²) in [5, 5.41) is 3.62. The van der Waals surface area contributed by atoms with E-state index in [2.05, 4.69) is 68.5 Å². The Morgan fingerprint density at radius 2 is 1.68 bits per heavy atom. The molecule has 0 aromatic heterocycles. The van der Waals surface area contributed by atoms with Gasteiger partial charge in [-0.2, -0.15) is 0 Å².